The molecule has 0 radical (unpaired) electrons. The van der Waals surface area contributed by atoms with Crippen molar-refractivity contribution in [2.45, 2.75) is 104 Å². The van der Waals surface area contributed by atoms with Crippen molar-refractivity contribution in [3.05, 3.63) is 53.1 Å². The van der Waals surface area contributed by atoms with E-state index in [1.807, 2.05) is 97.2 Å². The third-order valence-electron chi connectivity index (χ3n) is 10.1. The molecule has 2 aliphatic rings. The van der Waals surface area contributed by atoms with Gasteiger partial charge in [-0.3, -0.25) is 14.4 Å². The number of β-amino-alcohol motifs (C(OH)–C–C–N with tert-alkyl or cyclic N) is 1. The third kappa shape index (κ3) is 13.3. The van der Waals surface area contributed by atoms with Crippen LogP contribution in [0.3, 0.4) is 0 Å². The number of nitrogens with zero attached hydrogens (tertiary/aromatic N) is 2. The average molecular weight is 786 g/mol. The van der Waals surface area contributed by atoms with Gasteiger partial charge in [-0.1, -0.05) is 57.1 Å². The Kier molecular flexibility index (Phi) is 16.6. The SMILES string of the molecule is Cc1ncsc1-c1ccc(CCC(=O)[C@@H]2C[C@@H](O)CN2C(=O)[C@@H](NC(=O)COCCOCCOCCOC/C=C/B2OC(C)(C)C(C)(C)O2)C(C)(C)C)cc1. The molecule has 0 spiro atoms. The van der Waals surface area contributed by atoms with Gasteiger partial charge in [0, 0.05) is 19.4 Å². The Hall–Kier alpha value is -3.02. The summed E-state index contributed by atoms with van der Waals surface area (Å²) in [6, 6.07) is 6.39. The van der Waals surface area contributed by atoms with Crippen LogP contribution in [0.1, 0.15) is 72.6 Å². The molecule has 2 aliphatic heterocycles. The number of thiazole rings is 1. The topological polar surface area (TPSA) is 155 Å². The van der Waals surface area contributed by atoms with Crippen LogP contribution < -0.4 is 5.32 Å². The standard InChI is InChI=1S/C40H60BN3O10S/c1-28-35(55-27-42-28)30-13-10-29(11-14-30)12-15-33(46)32-24-31(45)25-44(32)37(48)36(38(2,3)4)43-34(47)26-52-23-22-51-21-20-50-19-18-49-17-9-16-41-53-39(5,6)40(7,8)54-41/h9-11,13-14,16,27,31-32,36,45H,12,15,17-26H2,1-8H3,(H,43,47)/b16-9+/t31-,32+,36-/m1/s1. The van der Waals surface area contributed by atoms with Crippen molar-refractivity contribution in [1.29, 1.82) is 0 Å². The minimum absolute atomic E-state index is 0.0337. The van der Waals surface area contributed by atoms with E-state index < -0.39 is 42.5 Å². The number of carbonyl (C=O) groups excluding carboxylic acids is 3. The summed E-state index contributed by atoms with van der Waals surface area (Å²) in [7, 11) is -0.391. The summed E-state index contributed by atoms with van der Waals surface area (Å²) in [6.07, 6.45) is 1.97. The van der Waals surface area contributed by atoms with Crippen molar-refractivity contribution >= 4 is 36.1 Å². The van der Waals surface area contributed by atoms with Gasteiger partial charge in [0.05, 0.1) is 85.7 Å². The number of aliphatic hydroxyl groups is 1. The van der Waals surface area contributed by atoms with Gasteiger partial charge in [-0.2, -0.15) is 0 Å². The molecule has 2 amide bonds. The Morgan fingerprint density at radius 3 is 2.18 bits per heavy atom. The lowest BCUT2D eigenvalue weighted by atomic mass is 9.85. The second kappa shape index (κ2) is 20.4. The molecular formula is C40H60BN3O10S. The van der Waals surface area contributed by atoms with Crippen LogP contribution in [0.15, 0.2) is 41.8 Å². The van der Waals surface area contributed by atoms with Crippen LogP contribution in [0.25, 0.3) is 10.4 Å². The highest BCUT2D eigenvalue weighted by atomic mass is 32.1. The largest absolute Gasteiger partial charge is 0.486 e. The molecule has 13 nitrogen and oxygen atoms in total. The summed E-state index contributed by atoms with van der Waals surface area (Å²) in [5.41, 5.74) is 3.50. The maximum absolute atomic E-state index is 13.9. The Morgan fingerprint density at radius 2 is 1.60 bits per heavy atom. The number of likely N-dealkylation sites (tertiary alicyclic amines) is 1. The van der Waals surface area contributed by atoms with E-state index in [0.29, 0.717) is 39.5 Å². The van der Waals surface area contributed by atoms with Crippen LogP contribution in [-0.2, 0) is 49.1 Å². The van der Waals surface area contributed by atoms with Crippen molar-refractivity contribution in [2.75, 3.05) is 59.4 Å². The lowest BCUT2D eigenvalue weighted by molar-refractivity contribution is -0.144. The molecule has 15 heteroatoms. The second-order valence-corrected chi connectivity index (χ2v) is 17.0. The normalized spacial score (nSPS) is 20.0. The number of aliphatic hydroxyl groups excluding tert-OH is 1. The molecule has 1 aromatic carbocycles. The van der Waals surface area contributed by atoms with Gasteiger partial charge in [0.15, 0.2) is 5.78 Å². The maximum atomic E-state index is 13.9. The van der Waals surface area contributed by atoms with Gasteiger partial charge < -0.3 is 43.6 Å². The first kappa shape index (κ1) is 44.7. The van der Waals surface area contributed by atoms with E-state index in [-0.39, 0.29) is 56.2 Å². The zero-order valence-electron chi connectivity index (χ0n) is 33.8. The number of amides is 2. The van der Waals surface area contributed by atoms with E-state index in [0.717, 1.165) is 21.7 Å². The van der Waals surface area contributed by atoms with Crippen molar-refractivity contribution in [1.82, 2.24) is 15.2 Å². The fourth-order valence-electron chi connectivity index (χ4n) is 6.22. The molecule has 0 bridgehead atoms. The number of rotatable bonds is 21. The summed E-state index contributed by atoms with van der Waals surface area (Å²) in [5, 5.41) is 13.3. The van der Waals surface area contributed by atoms with Crippen molar-refractivity contribution in [2.24, 2.45) is 5.41 Å². The highest BCUT2D eigenvalue weighted by molar-refractivity contribution is 7.13. The number of Topliss-reactive ketones (excluding diaryl/α,β-unsaturated/α-hetero) is 1. The van der Waals surface area contributed by atoms with E-state index in [1.54, 1.807) is 11.3 Å². The van der Waals surface area contributed by atoms with E-state index in [1.165, 1.54) is 4.90 Å². The van der Waals surface area contributed by atoms with Gasteiger partial charge in [-0.25, -0.2) is 4.98 Å². The molecule has 3 heterocycles. The number of benzene rings is 1. The molecule has 0 unspecified atom stereocenters. The molecule has 0 saturated carbocycles. The number of nitrogens with one attached hydrogen (secondary N) is 1. The summed E-state index contributed by atoms with van der Waals surface area (Å²) in [5.74, 6) is 0.887. The monoisotopic (exact) mass is 785 g/mol. The van der Waals surface area contributed by atoms with Gasteiger partial charge in [-0.15, -0.1) is 11.3 Å². The first-order valence-corrected chi connectivity index (χ1v) is 20.0. The molecule has 2 fully saturated rings. The highest BCUT2D eigenvalue weighted by Crippen LogP contribution is 2.37. The number of hydrogen-bond acceptors (Lipinski definition) is 12. The van der Waals surface area contributed by atoms with Crippen molar-refractivity contribution in [3.63, 3.8) is 0 Å². The summed E-state index contributed by atoms with van der Waals surface area (Å²) in [4.78, 5) is 47.1. The van der Waals surface area contributed by atoms with Crippen molar-refractivity contribution in [3.8, 4) is 10.4 Å². The van der Waals surface area contributed by atoms with Crippen LogP contribution in [0.2, 0.25) is 0 Å². The molecule has 55 heavy (non-hydrogen) atoms. The zero-order chi connectivity index (χ0) is 40.2. The molecule has 2 saturated heterocycles. The predicted octanol–water partition coefficient (Wildman–Crippen LogP) is 4.37. The molecule has 1 aromatic heterocycles. The number of aromatic nitrogens is 1. The van der Waals surface area contributed by atoms with E-state index in [9.17, 15) is 19.5 Å². The first-order chi connectivity index (χ1) is 26.0. The molecule has 3 atom stereocenters. The number of ether oxygens (including phenoxy) is 4. The molecule has 304 valence electrons. The number of ketones is 1. The fraction of sp³-hybridized carbons (Fsp3) is 0.650. The molecule has 2 N–H and O–H groups in total. The predicted molar refractivity (Wildman–Crippen MR) is 212 cm³/mol. The fourth-order valence-corrected chi connectivity index (χ4v) is 7.04. The lowest BCUT2D eigenvalue weighted by Gasteiger charge is -2.35. The number of hydrogen-bond donors (Lipinski definition) is 2. The van der Waals surface area contributed by atoms with Gasteiger partial charge in [-0.05, 0) is 57.6 Å². The van der Waals surface area contributed by atoms with Crippen molar-refractivity contribution < 1.29 is 47.7 Å². The molecular weight excluding hydrogens is 725 g/mol. The van der Waals surface area contributed by atoms with E-state index in [4.69, 9.17) is 28.3 Å². The van der Waals surface area contributed by atoms with E-state index >= 15 is 0 Å². The van der Waals surface area contributed by atoms with Crippen LogP contribution in [0, 0.1) is 12.3 Å². The smallest absolute Gasteiger partial charge is 0.400 e. The Morgan fingerprint density at radius 1 is 1.00 bits per heavy atom. The Bertz CT molecular complexity index is 1560. The maximum Gasteiger partial charge on any atom is 0.486 e. The average Bonchev–Trinajstić information content (AvgIpc) is 3.79. The quantitative estimate of drug-likeness (QED) is 0.137. The first-order valence-electron chi connectivity index (χ1n) is 19.1. The molecule has 4 rings (SSSR count). The van der Waals surface area contributed by atoms with Gasteiger partial charge >= 0.3 is 7.12 Å². The molecule has 0 aliphatic carbocycles. The third-order valence-corrected chi connectivity index (χ3v) is 11.1. The van der Waals surface area contributed by atoms with Crippen LogP contribution in [0.5, 0.6) is 0 Å². The van der Waals surface area contributed by atoms with Crippen LogP contribution >= 0.6 is 11.3 Å². The minimum Gasteiger partial charge on any atom is -0.400 e. The zero-order valence-corrected chi connectivity index (χ0v) is 34.6. The summed E-state index contributed by atoms with van der Waals surface area (Å²) < 4.78 is 33.9. The Balaban J connectivity index is 1.09. The second-order valence-electron chi connectivity index (χ2n) is 16.1. The van der Waals surface area contributed by atoms with Crippen LogP contribution in [0.4, 0.5) is 0 Å². The summed E-state index contributed by atoms with van der Waals surface area (Å²) in [6.45, 7) is 17.8. The highest BCUT2D eigenvalue weighted by Gasteiger charge is 2.50. The number of carbonyl (C=O) groups is 3. The molecule has 2 aromatic rings. The lowest BCUT2D eigenvalue weighted by Crippen LogP contribution is -2.57. The number of aryl methyl sites for hydroxylation is 2. The van der Waals surface area contributed by atoms with Gasteiger partial charge in [0.25, 0.3) is 0 Å². The Labute approximate surface area is 330 Å². The van der Waals surface area contributed by atoms with Crippen LogP contribution in [-0.4, -0.2) is 128 Å². The van der Waals surface area contributed by atoms with Gasteiger partial charge in [0.2, 0.25) is 11.8 Å². The summed E-state index contributed by atoms with van der Waals surface area (Å²) >= 11 is 1.59. The van der Waals surface area contributed by atoms with Gasteiger partial charge in [0.1, 0.15) is 12.6 Å². The minimum atomic E-state index is -0.921. The van der Waals surface area contributed by atoms with E-state index in [2.05, 4.69) is 10.3 Å².